The number of hydrogen-bond donors (Lipinski definition) is 1. The van der Waals surface area contributed by atoms with E-state index >= 15 is 0 Å². The van der Waals surface area contributed by atoms with Crippen molar-refractivity contribution in [3.05, 3.63) is 28.9 Å². The predicted molar refractivity (Wildman–Crippen MR) is 48.2 cm³/mol. The maximum absolute atomic E-state index is 13.1. The van der Waals surface area contributed by atoms with Crippen molar-refractivity contribution in [2.24, 2.45) is 0 Å². The van der Waals surface area contributed by atoms with E-state index in [0.29, 0.717) is 5.39 Å². The predicted octanol–water partition coefficient (Wildman–Crippen LogP) is 3.05. The molecule has 1 nitrogen and oxygen atoms in total. The van der Waals surface area contributed by atoms with Crippen molar-refractivity contribution in [3.63, 3.8) is 0 Å². The van der Waals surface area contributed by atoms with Gasteiger partial charge in [0.1, 0.15) is 11.6 Å². The summed E-state index contributed by atoms with van der Waals surface area (Å²) >= 11 is 1.48. The van der Waals surface area contributed by atoms with Gasteiger partial charge in [0.15, 0.2) is 0 Å². The van der Waals surface area contributed by atoms with Gasteiger partial charge in [-0.25, -0.2) is 4.39 Å². The smallest absolute Gasteiger partial charge is 0.135 e. The van der Waals surface area contributed by atoms with Gasteiger partial charge >= 0.3 is 0 Å². The standard InChI is InChI=1S/C9H7FOS/c1-5-2-7-8(10)3-6(11)4-9(7)12-5/h2-4,11H,1H3. The van der Waals surface area contributed by atoms with E-state index in [1.807, 2.05) is 6.92 Å². The first-order valence-electron chi connectivity index (χ1n) is 3.55. The average Bonchev–Trinajstić information content (AvgIpc) is 2.29. The van der Waals surface area contributed by atoms with Crippen LogP contribution in [0.1, 0.15) is 4.88 Å². The fraction of sp³-hybridized carbons (Fsp3) is 0.111. The molecule has 3 heteroatoms. The molecule has 0 aliphatic rings. The summed E-state index contributed by atoms with van der Waals surface area (Å²) in [5, 5.41) is 9.68. The minimum Gasteiger partial charge on any atom is -0.508 e. The fourth-order valence-corrected chi connectivity index (χ4v) is 2.18. The van der Waals surface area contributed by atoms with Gasteiger partial charge in [-0.2, -0.15) is 0 Å². The number of hydrogen-bond acceptors (Lipinski definition) is 2. The maximum atomic E-state index is 13.1. The zero-order valence-electron chi connectivity index (χ0n) is 6.47. The number of phenolic OH excluding ortho intramolecular Hbond substituents is 1. The number of benzene rings is 1. The van der Waals surface area contributed by atoms with Crippen LogP contribution in [0.5, 0.6) is 5.75 Å². The highest BCUT2D eigenvalue weighted by Gasteiger charge is 2.05. The second-order valence-corrected chi connectivity index (χ2v) is 3.98. The van der Waals surface area contributed by atoms with E-state index in [1.54, 1.807) is 12.1 Å². The van der Waals surface area contributed by atoms with Crippen LogP contribution in [0.25, 0.3) is 10.1 Å². The number of aryl methyl sites for hydroxylation is 1. The SMILES string of the molecule is Cc1cc2c(F)cc(O)cc2s1. The van der Waals surface area contributed by atoms with Gasteiger partial charge < -0.3 is 5.11 Å². The third kappa shape index (κ3) is 1.06. The first-order chi connectivity index (χ1) is 5.66. The van der Waals surface area contributed by atoms with Crippen molar-refractivity contribution in [3.8, 4) is 5.75 Å². The molecule has 0 radical (unpaired) electrons. The molecular formula is C9H7FOS. The number of thiophene rings is 1. The van der Waals surface area contributed by atoms with E-state index in [1.165, 1.54) is 11.3 Å². The summed E-state index contributed by atoms with van der Waals surface area (Å²) in [7, 11) is 0. The minimum absolute atomic E-state index is 0.0122. The second-order valence-electron chi connectivity index (χ2n) is 2.70. The highest BCUT2D eigenvalue weighted by molar-refractivity contribution is 7.19. The summed E-state index contributed by atoms with van der Waals surface area (Å²) in [6.07, 6.45) is 0. The molecule has 1 aromatic carbocycles. The number of rotatable bonds is 0. The molecule has 0 aliphatic heterocycles. The molecule has 1 aromatic heterocycles. The molecule has 0 saturated carbocycles. The largest absolute Gasteiger partial charge is 0.508 e. The zero-order valence-corrected chi connectivity index (χ0v) is 7.28. The van der Waals surface area contributed by atoms with E-state index < -0.39 is 0 Å². The van der Waals surface area contributed by atoms with Gasteiger partial charge in [0, 0.05) is 21.0 Å². The molecule has 0 spiro atoms. The maximum Gasteiger partial charge on any atom is 0.135 e. The van der Waals surface area contributed by atoms with Crippen LogP contribution in [0.3, 0.4) is 0 Å². The van der Waals surface area contributed by atoms with Crippen molar-refractivity contribution in [1.82, 2.24) is 0 Å². The normalized spacial score (nSPS) is 10.8. The molecule has 0 atom stereocenters. The van der Waals surface area contributed by atoms with Crippen molar-refractivity contribution in [2.75, 3.05) is 0 Å². The number of phenols is 1. The van der Waals surface area contributed by atoms with Crippen LogP contribution in [-0.2, 0) is 0 Å². The molecule has 2 rings (SSSR count). The van der Waals surface area contributed by atoms with E-state index in [0.717, 1.165) is 15.6 Å². The van der Waals surface area contributed by atoms with Crippen LogP contribution >= 0.6 is 11.3 Å². The van der Waals surface area contributed by atoms with Crippen molar-refractivity contribution in [2.45, 2.75) is 6.92 Å². The molecule has 1 heterocycles. The number of halogens is 1. The lowest BCUT2D eigenvalue weighted by Gasteiger charge is -1.93. The van der Waals surface area contributed by atoms with E-state index in [9.17, 15) is 4.39 Å². The Bertz CT molecular complexity index is 433. The number of fused-ring (bicyclic) bond motifs is 1. The molecule has 0 fully saturated rings. The third-order valence-electron chi connectivity index (χ3n) is 1.69. The van der Waals surface area contributed by atoms with Crippen molar-refractivity contribution in [1.29, 1.82) is 0 Å². The minimum atomic E-state index is -0.352. The van der Waals surface area contributed by atoms with Crippen LogP contribution in [0, 0.1) is 12.7 Å². The van der Waals surface area contributed by atoms with Crippen LogP contribution < -0.4 is 0 Å². The molecule has 1 N–H and O–H groups in total. The lowest BCUT2D eigenvalue weighted by molar-refractivity contribution is 0.471. The van der Waals surface area contributed by atoms with Crippen molar-refractivity contribution < 1.29 is 9.50 Å². The molecule has 62 valence electrons. The molecule has 0 amide bonds. The molecule has 0 aliphatic carbocycles. The van der Waals surface area contributed by atoms with Gasteiger partial charge in [-0.3, -0.25) is 0 Å². The Labute approximate surface area is 73.1 Å². The van der Waals surface area contributed by atoms with Crippen LogP contribution in [-0.4, -0.2) is 5.11 Å². The first kappa shape index (κ1) is 7.55. The molecular weight excluding hydrogens is 175 g/mol. The quantitative estimate of drug-likeness (QED) is 0.663. The highest BCUT2D eigenvalue weighted by atomic mass is 32.1. The summed E-state index contributed by atoms with van der Waals surface area (Å²) in [6.45, 7) is 1.92. The Kier molecular flexibility index (Phi) is 1.54. The molecule has 12 heavy (non-hydrogen) atoms. The summed E-state index contributed by atoms with van der Waals surface area (Å²) in [5.74, 6) is -0.365. The van der Waals surface area contributed by atoms with E-state index in [2.05, 4.69) is 0 Å². The lowest BCUT2D eigenvalue weighted by atomic mass is 10.2. The summed E-state index contributed by atoms with van der Waals surface area (Å²) in [6, 6.07) is 4.50. The zero-order chi connectivity index (χ0) is 8.72. The average molecular weight is 182 g/mol. The fourth-order valence-electron chi connectivity index (χ4n) is 1.21. The van der Waals surface area contributed by atoms with Crippen LogP contribution in [0.15, 0.2) is 18.2 Å². The first-order valence-corrected chi connectivity index (χ1v) is 4.37. The van der Waals surface area contributed by atoms with Gasteiger partial charge in [0.05, 0.1) is 0 Å². The Morgan fingerprint density at radius 3 is 2.83 bits per heavy atom. The summed E-state index contributed by atoms with van der Waals surface area (Å²) in [4.78, 5) is 1.05. The Morgan fingerprint density at radius 1 is 1.33 bits per heavy atom. The topological polar surface area (TPSA) is 20.2 Å². The molecule has 0 bridgehead atoms. The molecule has 0 saturated heterocycles. The van der Waals surface area contributed by atoms with E-state index in [-0.39, 0.29) is 11.6 Å². The van der Waals surface area contributed by atoms with Crippen LogP contribution in [0.4, 0.5) is 4.39 Å². The van der Waals surface area contributed by atoms with Crippen molar-refractivity contribution >= 4 is 21.4 Å². The van der Waals surface area contributed by atoms with Gasteiger partial charge in [0.25, 0.3) is 0 Å². The second kappa shape index (κ2) is 2.45. The highest BCUT2D eigenvalue weighted by Crippen LogP contribution is 2.30. The Morgan fingerprint density at radius 2 is 2.08 bits per heavy atom. The van der Waals surface area contributed by atoms with Gasteiger partial charge in [0.2, 0.25) is 0 Å². The summed E-state index contributed by atoms with van der Waals surface area (Å²) in [5.41, 5.74) is 0. The van der Waals surface area contributed by atoms with Gasteiger partial charge in [-0.05, 0) is 19.1 Å². The molecule has 0 unspecified atom stereocenters. The third-order valence-corrected chi connectivity index (χ3v) is 2.69. The lowest BCUT2D eigenvalue weighted by Crippen LogP contribution is -1.73. The van der Waals surface area contributed by atoms with E-state index in [4.69, 9.17) is 5.11 Å². The Hall–Kier alpha value is -1.09. The van der Waals surface area contributed by atoms with Gasteiger partial charge in [-0.1, -0.05) is 0 Å². The Balaban J connectivity index is 2.88. The molecule has 2 aromatic rings. The van der Waals surface area contributed by atoms with Crippen LogP contribution in [0.2, 0.25) is 0 Å². The van der Waals surface area contributed by atoms with Gasteiger partial charge in [-0.15, -0.1) is 11.3 Å². The monoisotopic (exact) mass is 182 g/mol. The number of aromatic hydroxyl groups is 1. The summed E-state index contributed by atoms with van der Waals surface area (Å²) < 4.78 is 13.9.